The Morgan fingerprint density at radius 3 is 2.10 bits per heavy atom. The molecule has 1 aromatic heterocycles. The molecule has 0 aliphatic rings. The smallest absolute Gasteiger partial charge is 0.744 e. The van der Waals surface area contributed by atoms with E-state index in [0.29, 0.717) is 5.69 Å². The van der Waals surface area contributed by atoms with E-state index in [2.05, 4.69) is 25.5 Å². The number of anilines is 2. The van der Waals surface area contributed by atoms with Crippen LogP contribution in [-0.4, -0.2) is 41.0 Å². The van der Waals surface area contributed by atoms with Gasteiger partial charge < -0.3 is 19.5 Å². The van der Waals surface area contributed by atoms with Crippen LogP contribution in [0.15, 0.2) is 56.4 Å². The van der Waals surface area contributed by atoms with Crippen molar-refractivity contribution in [1.82, 2.24) is 9.97 Å². The Bertz CT molecular complexity index is 1930. The molecule has 0 saturated heterocycles. The van der Waals surface area contributed by atoms with Gasteiger partial charge in [0, 0.05) is 11.1 Å². The van der Waals surface area contributed by atoms with Crippen LogP contribution in [-0.2, 0) is 20.2 Å². The van der Waals surface area contributed by atoms with E-state index in [4.69, 9.17) is 34.8 Å². The fraction of sp³-hybridized carbons (Fsp3) is 0.0909. The van der Waals surface area contributed by atoms with Crippen molar-refractivity contribution in [2.45, 2.75) is 23.6 Å². The van der Waals surface area contributed by atoms with Crippen LogP contribution in [0.3, 0.4) is 0 Å². The van der Waals surface area contributed by atoms with Crippen molar-refractivity contribution >= 4 is 88.7 Å². The number of hydrogen-bond acceptors (Lipinski definition) is 12. The molecule has 0 fully saturated rings. The number of benzene rings is 3. The van der Waals surface area contributed by atoms with Crippen molar-refractivity contribution in [3.05, 3.63) is 63.0 Å². The number of phenols is 1. The minimum Gasteiger partial charge on any atom is -0.744 e. The summed E-state index contributed by atoms with van der Waals surface area (Å²) in [7, 11) is -9.91. The molecule has 12 nitrogen and oxygen atoms in total. The number of fused-ring (bicyclic) bond motifs is 1. The Balaban J connectivity index is 0.00000294. The number of nitrogens with one attached hydrogen (secondary N) is 1. The predicted octanol–water partition coefficient (Wildman–Crippen LogP) is -0.112. The second-order valence-electron chi connectivity index (χ2n) is 8.09. The first-order chi connectivity index (χ1) is 18.1. The van der Waals surface area contributed by atoms with E-state index in [1.54, 1.807) is 0 Å². The minimum absolute atomic E-state index is 0. The zero-order valence-electron chi connectivity index (χ0n) is 21.6. The van der Waals surface area contributed by atoms with Gasteiger partial charge in [0.15, 0.2) is 16.7 Å². The molecule has 2 N–H and O–H groups in total. The van der Waals surface area contributed by atoms with Crippen LogP contribution in [0.5, 0.6) is 5.75 Å². The molecule has 3 aromatic carbocycles. The Morgan fingerprint density at radius 1 is 0.854 bits per heavy atom. The maximum absolute atomic E-state index is 12.1. The fourth-order valence-corrected chi connectivity index (χ4v) is 5.52. The predicted molar refractivity (Wildman–Crippen MR) is 142 cm³/mol. The molecule has 0 spiro atoms. The average molecular weight is 677 g/mol. The van der Waals surface area contributed by atoms with Crippen molar-refractivity contribution in [3.63, 3.8) is 0 Å². The summed E-state index contributed by atoms with van der Waals surface area (Å²) in [4.78, 5) is 6.32. The van der Waals surface area contributed by atoms with Crippen molar-refractivity contribution in [3.8, 4) is 5.75 Å². The first kappa shape index (κ1) is 36.1. The molecular formula is C22H14Cl3N5Na2O7S2. The molecule has 0 aliphatic carbocycles. The molecule has 1 heterocycles. The van der Waals surface area contributed by atoms with Gasteiger partial charge in [0.05, 0.1) is 15.5 Å². The van der Waals surface area contributed by atoms with Crippen molar-refractivity contribution in [2.75, 3.05) is 5.32 Å². The zero-order chi connectivity index (χ0) is 28.9. The second-order valence-corrected chi connectivity index (χ2v) is 11.9. The first-order valence-electron chi connectivity index (χ1n) is 10.5. The van der Waals surface area contributed by atoms with Crippen LogP contribution >= 0.6 is 34.8 Å². The van der Waals surface area contributed by atoms with E-state index in [9.17, 15) is 31.0 Å². The number of azo groups is 1. The van der Waals surface area contributed by atoms with E-state index in [-0.39, 0.29) is 108 Å². The molecule has 0 radical (unpaired) electrons. The van der Waals surface area contributed by atoms with Crippen LogP contribution < -0.4 is 64.4 Å². The van der Waals surface area contributed by atoms with Crippen molar-refractivity contribution in [2.24, 2.45) is 10.2 Å². The van der Waals surface area contributed by atoms with Crippen LogP contribution in [0.25, 0.3) is 10.8 Å². The summed E-state index contributed by atoms with van der Waals surface area (Å²) < 4.78 is 70.5. The van der Waals surface area contributed by atoms with Gasteiger partial charge in [-0.15, -0.1) is 5.11 Å². The second kappa shape index (κ2) is 13.7. The summed E-state index contributed by atoms with van der Waals surface area (Å²) >= 11 is 17.8. The topological polar surface area (TPSA) is 197 Å². The van der Waals surface area contributed by atoms with Gasteiger partial charge in [-0.25, -0.2) is 21.8 Å². The monoisotopic (exact) mass is 675 g/mol. The van der Waals surface area contributed by atoms with Gasteiger partial charge in [-0.1, -0.05) is 23.2 Å². The molecule has 41 heavy (non-hydrogen) atoms. The molecule has 0 saturated carbocycles. The van der Waals surface area contributed by atoms with Crippen LogP contribution in [0, 0.1) is 13.8 Å². The number of rotatable bonds is 6. The molecular weight excluding hydrogens is 663 g/mol. The number of aromatic hydroxyl groups is 1. The Hall–Kier alpha value is -1.11. The van der Waals surface area contributed by atoms with Crippen molar-refractivity contribution < 1.29 is 90.2 Å². The number of phenolic OH excluding ortho intramolecular Hbond substituents is 1. The van der Waals surface area contributed by atoms with Crippen molar-refractivity contribution in [1.29, 1.82) is 0 Å². The molecule has 19 heteroatoms. The number of halogens is 3. The molecule has 4 rings (SSSR count). The third-order valence-corrected chi connectivity index (χ3v) is 8.11. The van der Waals surface area contributed by atoms with Crippen LogP contribution in [0.1, 0.15) is 11.1 Å². The molecule has 0 aliphatic heterocycles. The van der Waals surface area contributed by atoms with Gasteiger partial charge in [-0.05, 0) is 78.4 Å². The van der Waals surface area contributed by atoms with Gasteiger partial charge >= 0.3 is 59.1 Å². The van der Waals surface area contributed by atoms with E-state index in [1.807, 2.05) is 0 Å². The Kier molecular flexibility index (Phi) is 12.0. The average Bonchev–Trinajstić information content (AvgIpc) is 2.81. The number of aryl methyl sites for hydroxylation is 2. The molecule has 0 unspecified atom stereocenters. The minimum atomic E-state index is -5.17. The number of nitrogens with zero attached hydrogens (tertiary/aromatic N) is 4. The fourth-order valence-electron chi connectivity index (χ4n) is 3.59. The molecule has 0 amide bonds. The summed E-state index contributed by atoms with van der Waals surface area (Å²) in [5, 5.41) is 21.3. The van der Waals surface area contributed by atoms with Gasteiger partial charge in [-0.2, -0.15) is 10.1 Å². The summed E-state index contributed by atoms with van der Waals surface area (Å²) in [5.41, 5.74) is 0.0680. The summed E-state index contributed by atoms with van der Waals surface area (Å²) in [6, 6.07) is 7.65. The van der Waals surface area contributed by atoms with E-state index < -0.39 is 41.5 Å². The van der Waals surface area contributed by atoms with E-state index in [1.165, 1.54) is 38.1 Å². The summed E-state index contributed by atoms with van der Waals surface area (Å²) in [6.07, 6.45) is 0. The summed E-state index contributed by atoms with van der Waals surface area (Å²) in [6.45, 7) is 2.82. The van der Waals surface area contributed by atoms with Gasteiger partial charge in [-0.3, -0.25) is 0 Å². The largest absolute Gasteiger partial charge is 1.00 e. The van der Waals surface area contributed by atoms with E-state index in [0.717, 1.165) is 12.1 Å². The summed E-state index contributed by atoms with van der Waals surface area (Å²) in [5.74, 6) is -0.606. The van der Waals surface area contributed by atoms with E-state index >= 15 is 0 Å². The normalized spacial score (nSPS) is 11.8. The molecule has 0 bridgehead atoms. The van der Waals surface area contributed by atoms with Crippen LogP contribution in [0.4, 0.5) is 22.9 Å². The number of hydrogen-bond donors (Lipinski definition) is 2. The van der Waals surface area contributed by atoms with Gasteiger partial charge in [0.1, 0.15) is 30.9 Å². The quantitative estimate of drug-likeness (QED) is 0.0914. The van der Waals surface area contributed by atoms with Crippen LogP contribution in [0.2, 0.25) is 15.5 Å². The van der Waals surface area contributed by atoms with Gasteiger partial charge in [0.2, 0.25) is 5.28 Å². The Labute approximate surface area is 293 Å². The Morgan fingerprint density at radius 2 is 1.49 bits per heavy atom. The maximum atomic E-state index is 12.1. The maximum Gasteiger partial charge on any atom is 1.00 e. The SMILES string of the molecule is Cc1cc(S(=O)(=O)[O-])c(C)cc1N=Nc1c(S(=O)(=O)[O-])cc2cc(Nc3nc(Cl)nc(Cl)c3Cl)ccc2c1O.[Na+].[Na+]. The number of aromatic nitrogens is 2. The standard InChI is InChI=1S/C22H16Cl3N5O7S2.2Na/c1-9-6-15(38(32,33)34)10(2)5-14(9)29-30-18-16(39(35,36)37)8-11-7-12(3-4-13(11)19(18)31)26-21-17(23)20(24)27-22(25)28-21;;/h3-8,31H,1-2H3,(H,26,27,28)(H,32,33,34)(H,35,36,37);;/q;2*+1/p-2. The zero-order valence-corrected chi connectivity index (χ0v) is 29.5. The molecule has 204 valence electrons. The molecule has 0 atom stereocenters. The third-order valence-electron chi connectivity index (χ3n) is 5.39. The third kappa shape index (κ3) is 8.09. The first-order valence-corrected chi connectivity index (χ1v) is 14.4. The van der Waals surface area contributed by atoms with Gasteiger partial charge in [0.25, 0.3) is 0 Å². The molecule has 4 aromatic rings.